The monoisotopic (exact) mass is 279 g/mol. The van der Waals surface area contributed by atoms with Crippen molar-refractivity contribution in [3.8, 4) is 0 Å². The molecule has 1 fully saturated rings. The molecule has 0 atom stereocenters. The Balaban J connectivity index is 2.44. The molecule has 6 nitrogen and oxygen atoms in total. The first-order valence-corrected chi connectivity index (χ1v) is 7.98. The number of nitrogens with one attached hydrogen (secondary N) is 1. The Bertz CT molecular complexity index is 313. The van der Waals surface area contributed by atoms with Gasteiger partial charge in [0.2, 0.25) is 0 Å². The van der Waals surface area contributed by atoms with Crippen LogP contribution >= 0.6 is 0 Å². The van der Waals surface area contributed by atoms with Crippen LogP contribution in [0, 0.1) is 0 Å². The van der Waals surface area contributed by atoms with Gasteiger partial charge in [-0.05, 0) is 25.9 Å². The third kappa shape index (κ3) is 4.81. The molecule has 0 spiro atoms. The van der Waals surface area contributed by atoms with Crippen molar-refractivity contribution < 1.29 is 13.2 Å². The Hall–Kier alpha value is -0.210. The Morgan fingerprint density at radius 2 is 2.11 bits per heavy atom. The molecule has 0 saturated carbocycles. The summed E-state index contributed by atoms with van der Waals surface area (Å²) in [5.74, 6) is 0. The predicted molar refractivity (Wildman–Crippen MR) is 71.7 cm³/mol. The van der Waals surface area contributed by atoms with E-state index >= 15 is 0 Å². The van der Waals surface area contributed by atoms with Crippen LogP contribution in [-0.4, -0.2) is 70.0 Å². The van der Waals surface area contributed by atoms with Crippen molar-refractivity contribution in [2.45, 2.75) is 19.8 Å². The molecule has 18 heavy (non-hydrogen) atoms. The smallest absolute Gasteiger partial charge is 0.281 e. The first-order chi connectivity index (χ1) is 8.59. The van der Waals surface area contributed by atoms with Crippen molar-refractivity contribution in [2.24, 2.45) is 0 Å². The molecule has 1 heterocycles. The van der Waals surface area contributed by atoms with Crippen molar-refractivity contribution in [1.29, 1.82) is 0 Å². The second-order valence-electron chi connectivity index (χ2n) is 4.40. The summed E-state index contributed by atoms with van der Waals surface area (Å²) in [6.07, 6.45) is 1.60. The molecule has 0 aromatic carbocycles. The summed E-state index contributed by atoms with van der Waals surface area (Å²) < 4.78 is 32.8. The van der Waals surface area contributed by atoms with Gasteiger partial charge in [-0.1, -0.05) is 6.92 Å². The lowest BCUT2D eigenvalue weighted by Gasteiger charge is -2.25. The molecule has 1 aliphatic rings. The van der Waals surface area contributed by atoms with Gasteiger partial charge in [-0.15, -0.1) is 0 Å². The molecule has 0 radical (unpaired) electrons. The van der Waals surface area contributed by atoms with Gasteiger partial charge in [0.1, 0.15) is 0 Å². The molecule has 0 aliphatic carbocycles. The van der Waals surface area contributed by atoms with E-state index in [9.17, 15) is 8.42 Å². The molecule has 1 aliphatic heterocycles. The fourth-order valence-electron chi connectivity index (χ4n) is 1.87. The number of nitrogens with zero attached hydrogens (tertiary/aromatic N) is 2. The van der Waals surface area contributed by atoms with Crippen LogP contribution in [-0.2, 0) is 14.9 Å². The molecule has 0 unspecified atom stereocenters. The topological polar surface area (TPSA) is 61.9 Å². The minimum atomic E-state index is -3.31. The first kappa shape index (κ1) is 15.8. The second-order valence-corrected chi connectivity index (χ2v) is 6.44. The summed E-state index contributed by atoms with van der Waals surface area (Å²) in [7, 11) is -1.67. The second kappa shape index (κ2) is 8.06. The zero-order valence-electron chi connectivity index (χ0n) is 11.4. The third-order valence-corrected chi connectivity index (χ3v) is 4.97. The zero-order valence-corrected chi connectivity index (χ0v) is 12.2. The van der Waals surface area contributed by atoms with Crippen LogP contribution < -0.4 is 5.32 Å². The Morgan fingerprint density at radius 3 is 2.83 bits per heavy atom. The molecular formula is C11H25N3O3S. The average molecular weight is 279 g/mol. The van der Waals surface area contributed by atoms with Gasteiger partial charge < -0.3 is 10.1 Å². The Labute approximate surface area is 110 Å². The van der Waals surface area contributed by atoms with E-state index in [4.69, 9.17) is 4.74 Å². The molecule has 7 heteroatoms. The van der Waals surface area contributed by atoms with Crippen LogP contribution in [0.4, 0.5) is 0 Å². The van der Waals surface area contributed by atoms with Gasteiger partial charge in [0.15, 0.2) is 0 Å². The van der Waals surface area contributed by atoms with Crippen LogP contribution in [0.1, 0.15) is 19.8 Å². The summed E-state index contributed by atoms with van der Waals surface area (Å²) in [6.45, 7) is 6.50. The molecule has 0 bridgehead atoms. The number of ether oxygens (including phenoxy) is 1. The van der Waals surface area contributed by atoms with Gasteiger partial charge >= 0.3 is 0 Å². The Morgan fingerprint density at radius 1 is 1.33 bits per heavy atom. The van der Waals surface area contributed by atoms with Gasteiger partial charge in [0.25, 0.3) is 10.2 Å². The van der Waals surface area contributed by atoms with Crippen molar-refractivity contribution in [3.63, 3.8) is 0 Å². The van der Waals surface area contributed by atoms with Gasteiger partial charge in [-0.25, -0.2) is 0 Å². The summed E-state index contributed by atoms with van der Waals surface area (Å²) in [5, 5.41) is 3.19. The minimum Gasteiger partial charge on any atom is -0.380 e. The highest BCUT2D eigenvalue weighted by Gasteiger charge is 2.27. The van der Waals surface area contributed by atoms with Crippen molar-refractivity contribution >= 4 is 10.2 Å². The van der Waals surface area contributed by atoms with Crippen LogP contribution in [0.5, 0.6) is 0 Å². The molecule has 108 valence electrons. The van der Waals surface area contributed by atoms with Crippen molar-refractivity contribution in [1.82, 2.24) is 13.9 Å². The van der Waals surface area contributed by atoms with Crippen molar-refractivity contribution in [2.75, 3.05) is 53.0 Å². The molecule has 0 aromatic heterocycles. The quantitative estimate of drug-likeness (QED) is 0.660. The highest BCUT2D eigenvalue weighted by Crippen LogP contribution is 2.10. The summed E-state index contributed by atoms with van der Waals surface area (Å²) in [6, 6.07) is 0. The Kier molecular flexibility index (Phi) is 7.10. The SMILES string of the molecule is CCNCCCN(C)S(=O)(=O)N1CCCOCC1. The molecule has 1 N–H and O–H groups in total. The van der Waals surface area contributed by atoms with E-state index in [0.29, 0.717) is 32.8 Å². The maximum absolute atomic E-state index is 12.3. The highest BCUT2D eigenvalue weighted by atomic mass is 32.2. The summed E-state index contributed by atoms with van der Waals surface area (Å²) in [5.41, 5.74) is 0. The van der Waals surface area contributed by atoms with E-state index in [1.54, 1.807) is 7.05 Å². The fraction of sp³-hybridized carbons (Fsp3) is 1.00. The largest absolute Gasteiger partial charge is 0.380 e. The number of hydrogen-bond donors (Lipinski definition) is 1. The predicted octanol–water partition coefficient (Wildman–Crippen LogP) is -0.115. The maximum Gasteiger partial charge on any atom is 0.281 e. The van der Waals surface area contributed by atoms with E-state index in [0.717, 1.165) is 25.9 Å². The zero-order chi connectivity index (χ0) is 13.4. The van der Waals surface area contributed by atoms with Crippen LogP contribution in [0.3, 0.4) is 0 Å². The van der Waals surface area contributed by atoms with Gasteiger partial charge in [0.05, 0.1) is 6.61 Å². The highest BCUT2D eigenvalue weighted by molar-refractivity contribution is 7.86. The number of rotatable bonds is 7. The van der Waals surface area contributed by atoms with Crippen LogP contribution in [0.2, 0.25) is 0 Å². The number of hydrogen-bond acceptors (Lipinski definition) is 4. The van der Waals surface area contributed by atoms with E-state index < -0.39 is 10.2 Å². The van der Waals surface area contributed by atoms with Gasteiger partial charge in [0, 0.05) is 33.3 Å². The average Bonchev–Trinajstić information content (AvgIpc) is 2.63. The van der Waals surface area contributed by atoms with Crippen LogP contribution in [0.15, 0.2) is 0 Å². The van der Waals surface area contributed by atoms with Gasteiger partial charge in [-0.3, -0.25) is 0 Å². The fourth-order valence-corrected chi connectivity index (χ4v) is 3.29. The first-order valence-electron chi connectivity index (χ1n) is 6.59. The van der Waals surface area contributed by atoms with E-state index in [-0.39, 0.29) is 0 Å². The molecule has 0 aromatic rings. The minimum absolute atomic E-state index is 0.458. The maximum atomic E-state index is 12.3. The van der Waals surface area contributed by atoms with Crippen LogP contribution in [0.25, 0.3) is 0 Å². The van der Waals surface area contributed by atoms with E-state index in [1.807, 2.05) is 6.92 Å². The standard InChI is InChI=1S/C11H25N3O3S/c1-3-12-6-4-7-13(2)18(15,16)14-8-5-10-17-11-9-14/h12H,3-11H2,1-2H3. The lowest BCUT2D eigenvalue weighted by Crippen LogP contribution is -2.43. The van der Waals surface area contributed by atoms with Gasteiger partial charge in [-0.2, -0.15) is 17.0 Å². The molecule has 0 amide bonds. The summed E-state index contributed by atoms with van der Waals surface area (Å²) >= 11 is 0. The van der Waals surface area contributed by atoms with Crippen molar-refractivity contribution in [3.05, 3.63) is 0 Å². The molecule has 1 rings (SSSR count). The normalized spacial score (nSPS) is 19.1. The van der Waals surface area contributed by atoms with E-state index in [2.05, 4.69) is 5.32 Å². The summed E-state index contributed by atoms with van der Waals surface area (Å²) in [4.78, 5) is 0. The van der Waals surface area contributed by atoms with E-state index in [1.165, 1.54) is 8.61 Å². The lowest BCUT2D eigenvalue weighted by molar-refractivity contribution is 0.147. The third-order valence-electron chi connectivity index (χ3n) is 2.98. The molecule has 1 saturated heterocycles. The lowest BCUT2D eigenvalue weighted by atomic mass is 10.4. The molecular weight excluding hydrogens is 254 g/mol.